The Morgan fingerprint density at radius 3 is 2.41 bits per heavy atom. The second-order valence-electron chi connectivity index (χ2n) is 7.43. The van der Waals surface area contributed by atoms with Crippen LogP contribution in [0, 0.1) is 16.7 Å². The van der Waals surface area contributed by atoms with Gasteiger partial charge in [0.05, 0.1) is 0 Å². The number of thiol groups is 1. The van der Waals surface area contributed by atoms with Crippen LogP contribution in [-0.4, -0.2) is 30.3 Å². The maximum Gasteiger partial charge on any atom is 0.00458 e. The molecule has 1 nitrogen and oxygen atoms in total. The van der Waals surface area contributed by atoms with Gasteiger partial charge in [-0.3, -0.25) is 0 Å². The SMILES string of the molecule is CC(C)(C)C1CCCN(CC2(CS)CC2)CC1. The molecule has 0 bridgehead atoms. The molecule has 1 atom stereocenters. The number of likely N-dealkylation sites (tertiary alicyclic amines) is 1. The normalized spacial score (nSPS) is 30.0. The lowest BCUT2D eigenvalue weighted by atomic mass is 9.77. The predicted octanol–water partition coefficient (Wildman–Crippen LogP) is 3.84. The molecule has 0 aromatic rings. The standard InChI is InChI=1S/C15H29NS/c1-14(2,3)13-5-4-9-16(10-6-13)11-15(12-17)7-8-15/h13,17H,4-12H2,1-3H3. The summed E-state index contributed by atoms with van der Waals surface area (Å²) in [7, 11) is 0. The van der Waals surface area contributed by atoms with E-state index in [4.69, 9.17) is 0 Å². The summed E-state index contributed by atoms with van der Waals surface area (Å²) in [5, 5.41) is 0. The zero-order valence-corrected chi connectivity index (χ0v) is 12.7. The fraction of sp³-hybridized carbons (Fsp3) is 1.00. The smallest absolute Gasteiger partial charge is 0.00458 e. The van der Waals surface area contributed by atoms with E-state index in [2.05, 4.69) is 38.3 Å². The summed E-state index contributed by atoms with van der Waals surface area (Å²) >= 11 is 4.53. The van der Waals surface area contributed by atoms with Gasteiger partial charge in [0.1, 0.15) is 0 Å². The summed E-state index contributed by atoms with van der Waals surface area (Å²) < 4.78 is 0. The first-order valence-electron chi connectivity index (χ1n) is 7.28. The summed E-state index contributed by atoms with van der Waals surface area (Å²) in [6.45, 7) is 11.2. The van der Waals surface area contributed by atoms with Crippen LogP contribution in [-0.2, 0) is 0 Å². The van der Waals surface area contributed by atoms with Crippen molar-refractivity contribution in [1.29, 1.82) is 0 Å². The van der Waals surface area contributed by atoms with E-state index >= 15 is 0 Å². The topological polar surface area (TPSA) is 3.24 Å². The molecule has 1 saturated heterocycles. The molecule has 0 aromatic carbocycles. The third kappa shape index (κ3) is 3.64. The number of rotatable bonds is 3. The molecule has 1 aliphatic heterocycles. The summed E-state index contributed by atoms with van der Waals surface area (Å²) in [6.07, 6.45) is 7.04. The van der Waals surface area contributed by atoms with Crippen molar-refractivity contribution in [3.63, 3.8) is 0 Å². The van der Waals surface area contributed by atoms with Crippen molar-refractivity contribution in [3.8, 4) is 0 Å². The Hall–Kier alpha value is 0.310. The lowest BCUT2D eigenvalue weighted by Crippen LogP contribution is -2.32. The zero-order valence-electron chi connectivity index (χ0n) is 11.8. The van der Waals surface area contributed by atoms with Gasteiger partial charge in [-0.1, -0.05) is 20.8 Å². The molecule has 0 radical (unpaired) electrons. The van der Waals surface area contributed by atoms with E-state index in [1.807, 2.05) is 0 Å². The molecule has 1 heterocycles. The molecule has 2 rings (SSSR count). The third-order valence-corrected chi connectivity index (χ3v) is 5.57. The minimum atomic E-state index is 0.497. The third-order valence-electron chi connectivity index (χ3n) is 4.90. The van der Waals surface area contributed by atoms with Gasteiger partial charge in [0.2, 0.25) is 0 Å². The first-order valence-corrected chi connectivity index (χ1v) is 7.92. The van der Waals surface area contributed by atoms with Gasteiger partial charge in [0.25, 0.3) is 0 Å². The van der Waals surface area contributed by atoms with Crippen LogP contribution in [0.15, 0.2) is 0 Å². The van der Waals surface area contributed by atoms with Crippen LogP contribution in [0.3, 0.4) is 0 Å². The van der Waals surface area contributed by atoms with Crippen molar-refractivity contribution in [2.75, 3.05) is 25.4 Å². The number of hydrogen-bond acceptors (Lipinski definition) is 2. The molecule has 17 heavy (non-hydrogen) atoms. The molecular weight excluding hydrogens is 226 g/mol. The number of nitrogens with zero attached hydrogens (tertiary/aromatic N) is 1. The minimum Gasteiger partial charge on any atom is -0.303 e. The molecular formula is C15H29NS. The second-order valence-corrected chi connectivity index (χ2v) is 7.74. The molecule has 2 aliphatic rings. The molecule has 2 fully saturated rings. The molecule has 1 aliphatic carbocycles. The molecule has 0 spiro atoms. The van der Waals surface area contributed by atoms with Crippen molar-refractivity contribution < 1.29 is 0 Å². The Labute approximate surface area is 113 Å². The average molecular weight is 255 g/mol. The second kappa shape index (κ2) is 5.13. The maximum absolute atomic E-state index is 4.53. The maximum atomic E-state index is 4.53. The molecule has 0 N–H and O–H groups in total. The quantitative estimate of drug-likeness (QED) is 0.750. The van der Waals surface area contributed by atoms with Crippen molar-refractivity contribution in [1.82, 2.24) is 4.90 Å². The van der Waals surface area contributed by atoms with Crippen LogP contribution in [0.1, 0.15) is 52.9 Å². The summed E-state index contributed by atoms with van der Waals surface area (Å²) in [5.41, 5.74) is 1.10. The molecule has 2 heteroatoms. The monoisotopic (exact) mass is 255 g/mol. The molecule has 100 valence electrons. The van der Waals surface area contributed by atoms with Crippen LogP contribution in [0.25, 0.3) is 0 Å². The van der Waals surface area contributed by atoms with Crippen LogP contribution >= 0.6 is 12.6 Å². The lowest BCUT2D eigenvalue weighted by molar-refractivity contribution is 0.199. The lowest BCUT2D eigenvalue weighted by Gasteiger charge is -2.30. The van der Waals surface area contributed by atoms with Crippen molar-refractivity contribution in [2.45, 2.75) is 52.9 Å². The van der Waals surface area contributed by atoms with Crippen LogP contribution < -0.4 is 0 Å². The van der Waals surface area contributed by atoms with Crippen LogP contribution in [0.4, 0.5) is 0 Å². The first kappa shape index (κ1) is 13.7. The minimum absolute atomic E-state index is 0.497. The van der Waals surface area contributed by atoms with Gasteiger partial charge < -0.3 is 4.90 Å². The first-order chi connectivity index (χ1) is 7.95. The highest BCUT2D eigenvalue weighted by Gasteiger charge is 2.42. The molecule has 0 aromatic heterocycles. The van der Waals surface area contributed by atoms with Gasteiger partial charge in [-0.05, 0) is 67.7 Å². The van der Waals surface area contributed by atoms with Gasteiger partial charge in [-0.15, -0.1) is 0 Å². The van der Waals surface area contributed by atoms with Crippen LogP contribution in [0.5, 0.6) is 0 Å². The van der Waals surface area contributed by atoms with Gasteiger partial charge >= 0.3 is 0 Å². The Balaban J connectivity index is 1.84. The van der Waals surface area contributed by atoms with Gasteiger partial charge in [-0.2, -0.15) is 12.6 Å². The Morgan fingerprint density at radius 1 is 1.18 bits per heavy atom. The fourth-order valence-electron chi connectivity index (χ4n) is 3.20. The Kier molecular flexibility index (Phi) is 4.14. The van der Waals surface area contributed by atoms with E-state index in [-0.39, 0.29) is 0 Å². The Bertz CT molecular complexity index is 252. The molecule has 1 saturated carbocycles. The summed E-state index contributed by atoms with van der Waals surface area (Å²) in [6, 6.07) is 0. The van der Waals surface area contributed by atoms with Gasteiger partial charge in [-0.25, -0.2) is 0 Å². The van der Waals surface area contributed by atoms with E-state index in [9.17, 15) is 0 Å². The zero-order chi connectivity index (χ0) is 12.5. The Morgan fingerprint density at radius 2 is 1.88 bits per heavy atom. The largest absolute Gasteiger partial charge is 0.303 e. The van der Waals surface area contributed by atoms with Crippen molar-refractivity contribution in [3.05, 3.63) is 0 Å². The summed E-state index contributed by atoms with van der Waals surface area (Å²) in [4.78, 5) is 2.72. The molecule has 0 amide bonds. The highest BCUT2D eigenvalue weighted by atomic mass is 32.1. The number of hydrogen-bond donors (Lipinski definition) is 1. The average Bonchev–Trinajstić information content (AvgIpc) is 3.02. The van der Waals surface area contributed by atoms with Crippen molar-refractivity contribution >= 4 is 12.6 Å². The van der Waals surface area contributed by atoms with Crippen molar-refractivity contribution in [2.24, 2.45) is 16.7 Å². The highest BCUT2D eigenvalue weighted by Crippen LogP contribution is 2.47. The van der Waals surface area contributed by atoms with E-state index in [0.717, 1.165) is 11.7 Å². The summed E-state index contributed by atoms with van der Waals surface area (Å²) in [5.74, 6) is 2.00. The predicted molar refractivity (Wildman–Crippen MR) is 78.8 cm³/mol. The van der Waals surface area contributed by atoms with E-state index in [1.165, 1.54) is 51.7 Å². The van der Waals surface area contributed by atoms with Gasteiger partial charge in [0.15, 0.2) is 0 Å². The van der Waals surface area contributed by atoms with Gasteiger partial charge in [0, 0.05) is 6.54 Å². The van der Waals surface area contributed by atoms with E-state index in [1.54, 1.807) is 0 Å². The molecule has 1 unspecified atom stereocenters. The van der Waals surface area contributed by atoms with Crippen LogP contribution in [0.2, 0.25) is 0 Å². The fourth-order valence-corrected chi connectivity index (χ4v) is 3.61. The highest BCUT2D eigenvalue weighted by molar-refractivity contribution is 7.80. The van der Waals surface area contributed by atoms with E-state index < -0.39 is 0 Å². The van der Waals surface area contributed by atoms with E-state index in [0.29, 0.717) is 10.8 Å².